The van der Waals surface area contributed by atoms with Crippen LogP contribution in [0.2, 0.25) is 5.02 Å². The van der Waals surface area contributed by atoms with E-state index in [2.05, 4.69) is 5.32 Å². The number of morpholine rings is 1. The van der Waals surface area contributed by atoms with Crippen LogP contribution in [-0.2, 0) is 4.74 Å². The Hall–Kier alpha value is -0.840. The Morgan fingerprint density at radius 2 is 2.44 bits per heavy atom. The Morgan fingerprint density at radius 3 is 3.12 bits per heavy atom. The molecule has 1 aliphatic heterocycles. The number of halogens is 2. The van der Waals surface area contributed by atoms with E-state index in [9.17, 15) is 4.39 Å². The van der Waals surface area contributed by atoms with E-state index in [-0.39, 0.29) is 11.1 Å². The van der Waals surface area contributed by atoms with Crippen LogP contribution in [0.1, 0.15) is 0 Å². The molecule has 16 heavy (non-hydrogen) atoms. The van der Waals surface area contributed by atoms with Gasteiger partial charge in [0.15, 0.2) is 0 Å². The minimum atomic E-state index is -0.440. The monoisotopic (exact) mass is 245 g/mol. The highest BCUT2D eigenvalue weighted by atomic mass is 35.5. The Balaban J connectivity index is 1.86. The summed E-state index contributed by atoms with van der Waals surface area (Å²) in [7, 11) is 0. The summed E-state index contributed by atoms with van der Waals surface area (Å²) >= 11 is 5.64. The summed E-state index contributed by atoms with van der Waals surface area (Å²) in [6.07, 6.45) is 0.0394. The minimum Gasteiger partial charge on any atom is -0.491 e. The van der Waals surface area contributed by atoms with Gasteiger partial charge in [0.25, 0.3) is 0 Å². The maximum atomic E-state index is 12.9. The Kier molecular flexibility index (Phi) is 3.98. The van der Waals surface area contributed by atoms with E-state index in [1.165, 1.54) is 12.1 Å². The molecule has 88 valence electrons. The van der Waals surface area contributed by atoms with Crippen molar-refractivity contribution in [3.8, 4) is 5.75 Å². The first-order valence-electron chi connectivity index (χ1n) is 5.16. The van der Waals surface area contributed by atoms with Gasteiger partial charge in [-0.05, 0) is 12.1 Å². The van der Waals surface area contributed by atoms with Crippen molar-refractivity contribution in [2.75, 3.05) is 26.3 Å². The smallest absolute Gasteiger partial charge is 0.142 e. The van der Waals surface area contributed by atoms with Gasteiger partial charge in [0.05, 0.1) is 11.6 Å². The molecule has 1 atom stereocenters. The van der Waals surface area contributed by atoms with Crippen molar-refractivity contribution >= 4 is 11.6 Å². The van der Waals surface area contributed by atoms with Crippen molar-refractivity contribution < 1.29 is 13.9 Å². The summed E-state index contributed by atoms with van der Waals surface area (Å²) in [6.45, 7) is 2.78. The molecule has 0 bridgehead atoms. The number of ether oxygens (including phenoxy) is 2. The molecule has 1 fully saturated rings. The summed E-state index contributed by atoms with van der Waals surface area (Å²) in [5.41, 5.74) is 0. The fraction of sp³-hybridized carbons (Fsp3) is 0.455. The second-order valence-corrected chi connectivity index (χ2v) is 3.99. The SMILES string of the molecule is Fc1ccc(OCC2CNCCO2)cc1Cl. The molecule has 1 unspecified atom stereocenters. The summed E-state index contributed by atoms with van der Waals surface area (Å²) in [6, 6.07) is 4.31. The van der Waals surface area contributed by atoms with Crippen LogP contribution in [0.3, 0.4) is 0 Å². The summed E-state index contributed by atoms with van der Waals surface area (Å²) in [5.74, 6) is 0.116. The lowest BCUT2D eigenvalue weighted by Crippen LogP contribution is -2.41. The fourth-order valence-corrected chi connectivity index (χ4v) is 1.65. The zero-order valence-electron chi connectivity index (χ0n) is 8.71. The molecule has 1 aromatic rings. The molecule has 1 saturated heterocycles. The first kappa shape index (κ1) is 11.6. The Labute approximate surface area is 98.5 Å². The van der Waals surface area contributed by atoms with Crippen LogP contribution < -0.4 is 10.1 Å². The highest BCUT2D eigenvalue weighted by Crippen LogP contribution is 2.21. The third-order valence-corrected chi connectivity index (χ3v) is 2.62. The third-order valence-electron chi connectivity index (χ3n) is 2.33. The molecule has 0 radical (unpaired) electrons. The van der Waals surface area contributed by atoms with Gasteiger partial charge in [0, 0.05) is 19.2 Å². The zero-order valence-corrected chi connectivity index (χ0v) is 9.47. The maximum absolute atomic E-state index is 12.9. The third kappa shape index (κ3) is 3.07. The van der Waals surface area contributed by atoms with Gasteiger partial charge in [-0.2, -0.15) is 0 Å². The first-order chi connectivity index (χ1) is 7.75. The van der Waals surface area contributed by atoms with Crippen LogP contribution in [0.5, 0.6) is 5.75 Å². The summed E-state index contributed by atoms with van der Waals surface area (Å²) in [4.78, 5) is 0. The highest BCUT2D eigenvalue weighted by molar-refractivity contribution is 6.30. The number of nitrogens with one attached hydrogen (secondary N) is 1. The van der Waals surface area contributed by atoms with Crippen molar-refractivity contribution in [3.05, 3.63) is 29.0 Å². The molecular formula is C11H13ClFNO2. The van der Waals surface area contributed by atoms with Crippen molar-refractivity contribution in [3.63, 3.8) is 0 Å². The van der Waals surface area contributed by atoms with Crippen molar-refractivity contribution in [1.82, 2.24) is 5.32 Å². The summed E-state index contributed by atoms with van der Waals surface area (Å²) in [5, 5.41) is 3.27. The number of benzene rings is 1. The van der Waals surface area contributed by atoms with E-state index < -0.39 is 5.82 Å². The van der Waals surface area contributed by atoms with Crippen LogP contribution in [0.15, 0.2) is 18.2 Å². The van der Waals surface area contributed by atoms with Gasteiger partial charge in [-0.1, -0.05) is 11.6 Å². The summed E-state index contributed by atoms with van der Waals surface area (Å²) < 4.78 is 23.8. The average molecular weight is 246 g/mol. The topological polar surface area (TPSA) is 30.5 Å². The lowest BCUT2D eigenvalue weighted by molar-refractivity contribution is 0.000185. The quantitative estimate of drug-likeness (QED) is 0.882. The van der Waals surface area contributed by atoms with Crippen LogP contribution in [0, 0.1) is 5.82 Å². The van der Waals surface area contributed by atoms with Crippen molar-refractivity contribution in [2.45, 2.75) is 6.10 Å². The number of hydrogen-bond donors (Lipinski definition) is 1. The lowest BCUT2D eigenvalue weighted by atomic mass is 10.3. The lowest BCUT2D eigenvalue weighted by Gasteiger charge is -2.23. The van der Waals surface area contributed by atoms with E-state index in [4.69, 9.17) is 21.1 Å². The van der Waals surface area contributed by atoms with E-state index in [1.807, 2.05) is 0 Å². The average Bonchev–Trinajstić information content (AvgIpc) is 2.32. The molecule has 0 aromatic heterocycles. The van der Waals surface area contributed by atoms with E-state index in [1.54, 1.807) is 6.07 Å². The fourth-order valence-electron chi connectivity index (χ4n) is 1.48. The molecule has 2 rings (SSSR count). The molecular weight excluding hydrogens is 233 g/mol. The maximum Gasteiger partial charge on any atom is 0.142 e. The minimum absolute atomic E-state index is 0.0394. The van der Waals surface area contributed by atoms with Crippen LogP contribution in [0.25, 0.3) is 0 Å². The van der Waals surface area contributed by atoms with Gasteiger partial charge in [0.2, 0.25) is 0 Å². The van der Waals surface area contributed by atoms with E-state index in [0.717, 1.165) is 13.1 Å². The van der Waals surface area contributed by atoms with Gasteiger partial charge in [0.1, 0.15) is 24.3 Å². The van der Waals surface area contributed by atoms with E-state index in [0.29, 0.717) is 19.0 Å². The van der Waals surface area contributed by atoms with Crippen LogP contribution >= 0.6 is 11.6 Å². The van der Waals surface area contributed by atoms with E-state index >= 15 is 0 Å². The molecule has 3 nitrogen and oxygen atoms in total. The standard InChI is InChI=1S/C11H13ClFNO2/c12-10-5-8(1-2-11(10)13)16-7-9-6-14-3-4-15-9/h1-2,5,9,14H,3-4,6-7H2. The van der Waals surface area contributed by atoms with Crippen molar-refractivity contribution in [2.24, 2.45) is 0 Å². The molecule has 5 heteroatoms. The van der Waals surface area contributed by atoms with Gasteiger partial charge >= 0.3 is 0 Å². The number of hydrogen-bond acceptors (Lipinski definition) is 3. The van der Waals surface area contributed by atoms with Gasteiger partial charge in [-0.3, -0.25) is 0 Å². The molecule has 0 amide bonds. The molecule has 1 aromatic carbocycles. The van der Waals surface area contributed by atoms with Crippen molar-refractivity contribution in [1.29, 1.82) is 0 Å². The van der Waals surface area contributed by atoms with Crippen LogP contribution in [0.4, 0.5) is 4.39 Å². The molecule has 0 saturated carbocycles. The molecule has 1 heterocycles. The second-order valence-electron chi connectivity index (χ2n) is 3.58. The Bertz CT molecular complexity index is 356. The first-order valence-corrected chi connectivity index (χ1v) is 5.53. The molecule has 1 N–H and O–H groups in total. The predicted molar refractivity (Wildman–Crippen MR) is 59.5 cm³/mol. The largest absolute Gasteiger partial charge is 0.491 e. The van der Waals surface area contributed by atoms with Gasteiger partial charge < -0.3 is 14.8 Å². The van der Waals surface area contributed by atoms with Gasteiger partial charge in [-0.15, -0.1) is 0 Å². The number of rotatable bonds is 3. The molecule has 1 aliphatic rings. The van der Waals surface area contributed by atoms with Gasteiger partial charge in [-0.25, -0.2) is 4.39 Å². The van der Waals surface area contributed by atoms with Crippen LogP contribution in [-0.4, -0.2) is 32.4 Å². The normalized spacial score (nSPS) is 20.8. The predicted octanol–water partition coefficient (Wildman–Crippen LogP) is 1.85. The Morgan fingerprint density at radius 1 is 1.56 bits per heavy atom. The highest BCUT2D eigenvalue weighted by Gasteiger charge is 2.14. The second kappa shape index (κ2) is 5.48. The molecule has 0 aliphatic carbocycles. The molecule has 0 spiro atoms. The zero-order chi connectivity index (χ0) is 11.4.